The van der Waals surface area contributed by atoms with Crippen LogP contribution >= 0.6 is 0 Å². The number of anilines is 2. The highest BCUT2D eigenvalue weighted by Gasteiger charge is 2.13. The number of benzene rings is 2. The van der Waals surface area contributed by atoms with E-state index in [0.717, 1.165) is 5.56 Å². The summed E-state index contributed by atoms with van der Waals surface area (Å²) in [5, 5.41) is 22.7. The van der Waals surface area contributed by atoms with Crippen LogP contribution in [0.1, 0.15) is 11.1 Å². The minimum atomic E-state index is -0.567. The zero-order chi connectivity index (χ0) is 14.5. The molecular formula is C14H12N4O2. The van der Waals surface area contributed by atoms with Crippen molar-refractivity contribution in [2.45, 2.75) is 6.54 Å². The van der Waals surface area contributed by atoms with Crippen LogP contribution in [0.3, 0.4) is 0 Å². The van der Waals surface area contributed by atoms with Crippen molar-refractivity contribution in [1.82, 2.24) is 0 Å². The fourth-order valence-electron chi connectivity index (χ4n) is 1.73. The SMILES string of the molecule is N#Cc1cc(NCc2ccc(N)cc2)ccc1[N+](=O)[O-]. The van der Waals surface area contributed by atoms with Gasteiger partial charge in [-0.2, -0.15) is 5.26 Å². The molecule has 6 heteroatoms. The molecule has 0 fully saturated rings. The third-order valence-corrected chi connectivity index (χ3v) is 2.79. The van der Waals surface area contributed by atoms with Gasteiger partial charge in [-0.15, -0.1) is 0 Å². The minimum absolute atomic E-state index is 0.0392. The van der Waals surface area contributed by atoms with E-state index in [9.17, 15) is 10.1 Å². The van der Waals surface area contributed by atoms with Crippen molar-refractivity contribution in [1.29, 1.82) is 5.26 Å². The number of nitro benzene ring substituents is 1. The molecule has 6 nitrogen and oxygen atoms in total. The first kappa shape index (κ1) is 13.4. The summed E-state index contributed by atoms with van der Waals surface area (Å²) in [5.41, 5.74) is 7.82. The Hall–Kier alpha value is -3.07. The molecule has 100 valence electrons. The van der Waals surface area contributed by atoms with Gasteiger partial charge in [-0.3, -0.25) is 10.1 Å². The number of nitrogens with two attached hydrogens (primary N) is 1. The molecule has 0 unspecified atom stereocenters. The molecule has 2 aromatic carbocycles. The second-order valence-electron chi connectivity index (χ2n) is 4.20. The lowest BCUT2D eigenvalue weighted by atomic mass is 10.1. The Kier molecular flexibility index (Phi) is 3.82. The van der Waals surface area contributed by atoms with Crippen molar-refractivity contribution in [2.24, 2.45) is 0 Å². The third-order valence-electron chi connectivity index (χ3n) is 2.79. The average Bonchev–Trinajstić information content (AvgIpc) is 2.46. The molecule has 0 saturated carbocycles. The lowest BCUT2D eigenvalue weighted by molar-refractivity contribution is -0.385. The third kappa shape index (κ3) is 3.03. The standard InChI is InChI=1S/C14H12N4O2/c15-8-11-7-13(5-6-14(11)18(19)20)17-9-10-1-3-12(16)4-2-10/h1-7,17H,9,16H2. The van der Waals surface area contributed by atoms with Gasteiger partial charge in [-0.25, -0.2) is 0 Å². The number of rotatable bonds is 4. The molecule has 0 aliphatic carbocycles. The summed E-state index contributed by atoms with van der Waals surface area (Å²) in [6.45, 7) is 0.545. The van der Waals surface area contributed by atoms with E-state index in [1.807, 2.05) is 18.2 Å². The van der Waals surface area contributed by atoms with Crippen LogP contribution in [0.5, 0.6) is 0 Å². The Morgan fingerprint density at radius 3 is 2.55 bits per heavy atom. The molecule has 0 bridgehead atoms. The second-order valence-corrected chi connectivity index (χ2v) is 4.20. The molecule has 2 aromatic rings. The van der Waals surface area contributed by atoms with Crippen molar-refractivity contribution >= 4 is 17.1 Å². The van der Waals surface area contributed by atoms with Crippen molar-refractivity contribution in [3.05, 3.63) is 63.7 Å². The van der Waals surface area contributed by atoms with Crippen LogP contribution in [0.25, 0.3) is 0 Å². The highest BCUT2D eigenvalue weighted by molar-refractivity contribution is 5.58. The Morgan fingerprint density at radius 2 is 1.95 bits per heavy atom. The first-order valence-corrected chi connectivity index (χ1v) is 5.87. The summed E-state index contributed by atoms with van der Waals surface area (Å²) in [6, 6.07) is 13.6. The largest absolute Gasteiger partial charge is 0.399 e. The van der Waals surface area contributed by atoms with E-state index in [0.29, 0.717) is 17.9 Å². The van der Waals surface area contributed by atoms with Gasteiger partial charge in [0, 0.05) is 24.0 Å². The summed E-state index contributed by atoms with van der Waals surface area (Å²) in [7, 11) is 0. The number of hydrogen-bond donors (Lipinski definition) is 2. The molecule has 0 saturated heterocycles. The van der Waals surface area contributed by atoms with Crippen molar-refractivity contribution < 1.29 is 4.92 Å². The lowest BCUT2D eigenvalue weighted by Crippen LogP contribution is -2.01. The van der Waals surface area contributed by atoms with Crippen LogP contribution in [-0.2, 0) is 6.54 Å². The normalized spacial score (nSPS) is 9.75. The van der Waals surface area contributed by atoms with E-state index in [1.54, 1.807) is 18.2 Å². The number of nitrogens with one attached hydrogen (secondary N) is 1. The second kappa shape index (κ2) is 5.71. The molecule has 3 N–H and O–H groups in total. The summed E-state index contributed by atoms with van der Waals surface area (Å²) < 4.78 is 0. The molecular weight excluding hydrogens is 256 g/mol. The lowest BCUT2D eigenvalue weighted by Gasteiger charge is -2.07. The Labute approximate surface area is 115 Å². The van der Waals surface area contributed by atoms with Crippen LogP contribution < -0.4 is 11.1 Å². The molecule has 2 rings (SSSR count). The van der Waals surface area contributed by atoms with Gasteiger partial charge in [0.15, 0.2) is 0 Å². The van der Waals surface area contributed by atoms with Crippen molar-refractivity contribution in [3.8, 4) is 6.07 Å². The van der Waals surface area contributed by atoms with Crippen LogP contribution in [0.4, 0.5) is 17.1 Å². The van der Waals surface area contributed by atoms with Gasteiger partial charge in [0.2, 0.25) is 0 Å². The molecule has 20 heavy (non-hydrogen) atoms. The fourth-order valence-corrected chi connectivity index (χ4v) is 1.73. The van der Waals surface area contributed by atoms with Crippen LogP contribution in [-0.4, -0.2) is 4.92 Å². The van der Waals surface area contributed by atoms with Crippen LogP contribution in [0.2, 0.25) is 0 Å². The summed E-state index contributed by atoms with van der Waals surface area (Å²) in [4.78, 5) is 10.2. The minimum Gasteiger partial charge on any atom is -0.399 e. The van der Waals surface area contributed by atoms with Gasteiger partial charge in [0.1, 0.15) is 11.6 Å². The molecule has 0 spiro atoms. The topological polar surface area (TPSA) is 105 Å². The van der Waals surface area contributed by atoms with E-state index >= 15 is 0 Å². The highest BCUT2D eigenvalue weighted by Crippen LogP contribution is 2.22. The summed E-state index contributed by atoms with van der Waals surface area (Å²) in [5.74, 6) is 0. The van der Waals surface area contributed by atoms with Gasteiger partial charge in [0.25, 0.3) is 5.69 Å². The quantitative estimate of drug-likeness (QED) is 0.504. The van der Waals surface area contributed by atoms with E-state index in [4.69, 9.17) is 11.0 Å². The van der Waals surface area contributed by atoms with E-state index in [2.05, 4.69) is 5.32 Å². The maximum absolute atomic E-state index is 10.7. The monoisotopic (exact) mass is 268 g/mol. The highest BCUT2D eigenvalue weighted by atomic mass is 16.6. The smallest absolute Gasteiger partial charge is 0.287 e. The van der Waals surface area contributed by atoms with Gasteiger partial charge in [0.05, 0.1) is 4.92 Å². The maximum atomic E-state index is 10.7. The van der Waals surface area contributed by atoms with Crippen LogP contribution in [0, 0.1) is 21.4 Å². The Balaban J connectivity index is 2.12. The number of nitrogen functional groups attached to an aromatic ring is 1. The predicted octanol–water partition coefficient (Wildman–Crippen LogP) is 2.66. The summed E-state index contributed by atoms with van der Waals surface area (Å²) >= 11 is 0. The van der Waals surface area contributed by atoms with E-state index in [1.165, 1.54) is 12.1 Å². The first-order chi connectivity index (χ1) is 9.60. The molecule has 0 heterocycles. The maximum Gasteiger partial charge on any atom is 0.287 e. The van der Waals surface area contributed by atoms with Gasteiger partial charge < -0.3 is 11.1 Å². The molecule has 0 radical (unpaired) electrons. The fraction of sp³-hybridized carbons (Fsp3) is 0.0714. The number of nitro groups is 1. The average molecular weight is 268 g/mol. The Bertz CT molecular complexity index is 675. The van der Waals surface area contributed by atoms with Gasteiger partial charge in [-0.05, 0) is 29.8 Å². The van der Waals surface area contributed by atoms with E-state index in [-0.39, 0.29) is 11.3 Å². The Morgan fingerprint density at radius 1 is 1.25 bits per heavy atom. The van der Waals surface area contributed by atoms with Crippen molar-refractivity contribution in [2.75, 3.05) is 11.1 Å². The summed E-state index contributed by atoms with van der Waals surface area (Å²) in [6.07, 6.45) is 0. The van der Waals surface area contributed by atoms with Gasteiger partial charge in [-0.1, -0.05) is 12.1 Å². The molecule has 0 aliphatic rings. The molecule has 0 aliphatic heterocycles. The van der Waals surface area contributed by atoms with E-state index < -0.39 is 4.92 Å². The van der Waals surface area contributed by atoms with Gasteiger partial charge >= 0.3 is 0 Å². The molecule has 0 aromatic heterocycles. The first-order valence-electron chi connectivity index (χ1n) is 5.87. The van der Waals surface area contributed by atoms with Crippen LogP contribution in [0.15, 0.2) is 42.5 Å². The molecule has 0 amide bonds. The zero-order valence-electron chi connectivity index (χ0n) is 10.5. The van der Waals surface area contributed by atoms with Crippen molar-refractivity contribution in [3.63, 3.8) is 0 Å². The number of nitrogens with zero attached hydrogens (tertiary/aromatic N) is 2. The molecule has 0 atom stereocenters. The predicted molar refractivity (Wildman–Crippen MR) is 76.0 cm³/mol. The zero-order valence-corrected chi connectivity index (χ0v) is 10.5. The number of hydrogen-bond acceptors (Lipinski definition) is 5. The number of nitriles is 1.